The number of likely N-dealkylation sites (tertiary alicyclic amines) is 1. The van der Waals surface area contributed by atoms with E-state index in [-0.39, 0.29) is 18.7 Å². The van der Waals surface area contributed by atoms with Gasteiger partial charge >= 0.3 is 5.63 Å². The topological polar surface area (TPSA) is 104 Å². The molecule has 7 heteroatoms. The fourth-order valence-corrected chi connectivity index (χ4v) is 4.80. The summed E-state index contributed by atoms with van der Waals surface area (Å²) in [6, 6.07) is 13.6. The van der Waals surface area contributed by atoms with Crippen molar-refractivity contribution in [3.8, 4) is 11.1 Å². The van der Waals surface area contributed by atoms with Gasteiger partial charge in [0.2, 0.25) is 5.91 Å². The third kappa shape index (κ3) is 3.98. The number of carboxylic acids is 1. The number of hydrogen-bond donors (Lipinski definition) is 0. The molecule has 0 atom stereocenters. The van der Waals surface area contributed by atoms with Crippen molar-refractivity contribution in [3.05, 3.63) is 70.3 Å². The second kappa shape index (κ2) is 8.82. The van der Waals surface area contributed by atoms with Gasteiger partial charge in [0.15, 0.2) is 0 Å². The average molecular weight is 458 g/mol. The highest BCUT2D eigenvalue weighted by Gasteiger charge is 2.24. The zero-order valence-electron chi connectivity index (χ0n) is 18.8. The molecule has 2 aromatic heterocycles. The number of aliphatic carboxylic acids is 1. The SMILES string of the molecule is Cc1c(CCC(=O)N2CCC(C(=O)[O-])CC2)c(=O)oc2cc3occ(-c4ccccc4)c3cc12. The average Bonchev–Trinajstić information content (AvgIpc) is 3.26. The summed E-state index contributed by atoms with van der Waals surface area (Å²) in [5.74, 6) is -1.65. The van der Waals surface area contributed by atoms with Crippen molar-refractivity contribution in [2.75, 3.05) is 13.1 Å². The summed E-state index contributed by atoms with van der Waals surface area (Å²) in [5.41, 5.74) is 3.89. The van der Waals surface area contributed by atoms with Crippen molar-refractivity contribution in [1.29, 1.82) is 0 Å². The monoisotopic (exact) mass is 458 g/mol. The summed E-state index contributed by atoms with van der Waals surface area (Å²) >= 11 is 0. The Morgan fingerprint density at radius 2 is 1.79 bits per heavy atom. The molecule has 0 radical (unpaired) electrons. The van der Waals surface area contributed by atoms with E-state index in [1.807, 2.05) is 43.3 Å². The Kier molecular flexibility index (Phi) is 5.69. The second-order valence-electron chi connectivity index (χ2n) is 8.83. The Hall–Kier alpha value is -3.87. The highest BCUT2D eigenvalue weighted by Crippen LogP contribution is 2.34. The molecule has 1 aliphatic heterocycles. The van der Waals surface area contributed by atoms with E-state index in [2.05, 4.69) is 0 Å². The molecule has 1 aliphatic rings. The molecule has 7 nitrogen and oxygen atoms in total. The van der Waals surface area contributed by atoms with Crippen LogP contribution in [0.3, 0.4) is 0 Å². The lowest BCUT2D eigenvalue weighted by Gasteiger charge is -2.32. The van der Waals surface area contributed by atoms with E-state index in [9.17, 15) is 19.5 Å². The number of rotatable bonds is 5. The number of benzene rings is 2. The van der Waals surface area contributed by atoms with E-state index in [4.69, 9.17) is 8.83 Å². The number of amides is 1. The summed E-state index contributed by atoms with van der Waals surface area (Å²) in [7, 11) is 0. The van der Waals surface area contributed by atoms with Crippen LogP contribution in [0.5, 0.6) is 0 Å². The summed E-state index contributed by atoms with van der Waals surface area (Å²) in [6.07, 6.45) is 2.93. The van der Waals surface area contributed by atoms with Crippen LogP contribution in [0.15, 0.2) is 62.4 Å². The normalized spacial score (nSPS) is 14.7. The van der Waals surface area contributed by atoms with Crippen molar-refractivity contribution in [2.24, 2.45) is 5.92 Å². The maximum absolute atomic E-state index is 12.7. The van der Waals surface area contributed by atoms with Crippen molar-refractivity contribution in [2.45, 2.75) is 32.6 Å². The van der Waals surface area contributed by atoms with Crippen LogP contribution >= 0.6 is 0 Å². The number of aryl methyl sites for hydroxylation is 1. The molecule has 0 unspecified atom stereocenters. The molecular formula is C27H24NO6-. The molecular weight excluding hydrogens is 434 g/mol. The molecule has 174 valence electrons. The molecule has 0 bridgehead atoms. The Morgan fingerprint density at radius 1 is 1.06 bits per heavy atom. The van der Waals surface area contributed by atoms with Crippen LogP contribution < -0.4 is 10.7 Å². The van der Waals surface area contributed by atoms with Gasteiger partial charge < -0.3 is 23.6 Å². The fourth-order valence-electron chi connectivity index (χ4n) is 4.80. The second-order valence-corrected chi connectivity index (χ2v) is 8.83. The molecule has 34 heavy (non-hydrogen) atoms. The molecule has 1 fully saturated rings. The van der Waals surface area contributed by atoms with Crippen LogP contribution in [0.4, 0.5) is 0 Å². The van der Waals surface area contributed by atoms with E-state index < -0.39 is 17.5 Å². The zero-order chi connectivity index (χ0) is 23.8. The molecule has 0 spiro atoms. The minimum atomic E-state index is -1.06. The van der Waals surface area contributed by atoms with E-state index in [1.165, 1.54) is 0 Å². The molecule has 1 amide bonds. The number of carbonyl (C=O) groups excluding carboxylic acids is 2. The third-order valence-corrected chi connectivity index (χ3v) is 6.84. The van der Waals surface area contributed by atoms with E-state index in [0.29, 0.717) is 42.7 Å². The fraction of sp³-hybridized carbons (Fsp3) is 0.296. The standard InChI is InChI=1S/C27H25NO6/c1-16-19(7-8-25(29)28-11-9-18(10-12-28)26(30)31)27(32)34-24-14-23-21(13-20(16)24)22(15-33-23)17-5-3-2-4-6-17/h2-6,13-15,18H,7-12H2,1H3,(H,30,31)/p-1. The summed E-state index contributed by atoms with van der Waals surface area (Å²) in [4.78, 5) is 38.1. The van der Waals surface area contributed by atoms with Crippen LogP contribution in [0, 0.1) is 12.8 Å². The number of hydrogen-bond acceptors (Lipinski definition) is 6. The molecule has 2 aromatic carbocycles. The summed E-state index contributed by atoms with van der Waals surface area (Å²) < 4.78 is 11.3. The Labute approximate surface area is 195 Å². The van der Waals surface area contributed by atoms with E-state index in [0.717, 1.165) is 27.5 Å². The first-order valence-electron chi connectivity index (χ1n) is 11.4. The summed E-state index contributed by atoms with van der Waals surface area (Å²) in [5, 5.41) is 12.8. The van der Waals surface area contributed by atoms with Gasteiger partial charge in [-0.3, -0.25) is 4.79 Å². The predicted octanol–water partition coefficient (Wildman–Crippen LogP) is 3.44. The number of carboxylic acid groups (broad SMARTS) is 1. The third-order valence-electron chi connectivity index (χ3n) is 6.84. The first-order chi connectivity index (χ1) is 16.4. The minimum Gasteiger partial charge on any atom is -0.550 e. The smallest absolute Gasteiger partial charge is 0.339 e. The van der Waals surface area contributed by atoms with E-state index >= 15 is 0 Å². The van der Waals surface area contributed by atoms with Gasteiger partial charge in [-0.15, -0.1) is 0 Å². The van der Waals surface area contributed by atoms with Crippen LogP contribution in [0.25, 0.3) is 33.1 Å². The molecule has 4 aromatic rings. The highest BCUT2D eigenvalue weighted by molar-refractivity contribution is 6.02. The molecule has 0 N–H and O–H groups in total. The van der Waals surface area contributed by atoms with Crippen LogP contribution in [-0.4, -0.2) is 29.9 Å². The summed E-state index contributed by atoms with van der Waals surface area (Å²) in [6.45, 7) is 2.66. The Morgan fingerprint density at radius 3 is 2.50 bits per heavy atom. The van der Waals surface area contributed by atoms with Gasteiger partial charge in [-0.05, 0) is 43.4 Å². The number of fused-ring (bicyclic) bond motifs is 2. The lowest BCUT2D eigenvalue weighted by Crippen LogP contribution is -2.43. The van der Waals surface area contributed by atoms with Crippen molar-refractivity contribution >= 4 is 33.8 Å². The first-order valence-corrected chi connectivity index (χ1v) is 11.4. The number of nitrogens with zero attached hydrogens (tertiary/aromatic N) is 1. The highest BCUT2D eigenvalue weighted by atomic mass is 16.4. The molecule has 0 aliphatic carbocycles. The lowest BCUT2D eigenvalue weighted by molar-refractivity contribution is -0.312. The molecule has 3 heterocycles. The largest absolute Gasteiger partial charge is 0.550 e. The van der Waals surface area contributed by atoms with Gasteiger partial charge in [-0.25, -0.2) is 4.79 Å². The maximum Gasteiger partial charge on any atom is 0.339 e. The van der Waals surface area contributed by atoms with Crippen LogP contribution in [0.2, 0.25) is 0 Å². The lowest BCUT2D eigenvalue weighted by atomic mass is 9.96. The van der Waals surface area contributed by atoms with Gasteiger partial charge in [0.05, 0.1) is 6.26 Å². The molecule has 5 rings (SSSR count). The van der Waals surface area contributed by atoms with Crippen molar-refractivity contribution in [3.63, 3.8) is 0 Å². The van der Waals surface area contributed by atoms with Gasteiger partial charge in [0.1, 0.15) is 11.2 Å². The maximum atomic E-state index is 12.7. The van der Waals surface area contributed by atoms with Crippen LogP contribution in [0.1, 0.15) is 30.4 Å². The zero-order valence-corrected chi connectivity index (χ0v) is 18.8. The van der Waals surface area contributed by atoms with Gasteiger partial charge in [-0.2, -0.15) is 0 Å². The number of furan rings is 1. The predicted molar refractivity (Wildman–Crippen MR) is 125 cm³/mol. The minimum absolute atomic E-state index is 0.0904. The molecule has 1 saturated heterocycles. The van der Waals surface area contributed by atoms with Crippen LogP contribution in [-0.2, 0) is 16.0 Å². The number of carbonyl (C=O) groups is 2. The number of piperidine rings is 1. The van der Waals surface area contributed by atoms with Crippen molar-refractivity contribution in [1.82, 2.24) is 4.90 Å². The van der Waals surface area contributed by atoms with E-state index in [1.54, 1.807) is 17.2 Å². The van der Waals surface area contributed by atoms with Gasteiger partial charge in [-0.1, -0.05) is 30.3 Å². The molecule has 0 saturated carbocycles. The first kappa shape index (κ1) is 21.9. The van der Waals surface area contributed by atoms with Gasteiger partial charge in [0.25, 0.3) is 0 Å². The van der Waals surface area contributed by atoms with Gasteiger partial charge in [0, 0.05) is 59.4 Å². The van der Waals surface area contributed by atoms with Crippen molar-refractivity contribution < 1.29 is 23.5 Å². The quantitative estimate of drug-likeness (QED) is 0.425. The Balaban J connectivity index is 1.42. The Bertz CT molecular complexity index is 1440.